The van der Waals surface area contributed by atoms with Crippen LogP contribution in [0.15, 0.2) is 17.0 Å². The fourth-order valence-corrected chi connectivity index (χ4v) is 2.47. The number of nitro groups is 1. The zero-order chi connectivity index (χ0) is 11.8. The maximum absolute atomic E-state index is 11.3. The average Bonchev–Trinajstić information content (AvgIpc) is 2.00. The van der Waals surface area contributed by atoms with E-state index >= 15 is 0 Å². The Labute approximate surface area is 87.8 Å². The van der Waals surface area contributed by atoms with Crippen LogP contribution < -0.4 is 0 Å². The molecule has 0 fully saturated rings. The van der Waals surface area contributed by atoms with Gasteiger partial charge in [-0.1, -0.05) is 6.07 Å². The zero-order valence-corrected chi connectivity index (χ0v) is 9.46. The summed E-state index contributed by atoms with van der Waals surface area (Å²) in [7, 11) is -3.41. The van der Waals surface area contributed by atoms with Crippen molar-refractivity contribution < 1.29 is 13.3 Å². The van der Waals surface area contributed by atoms with E-state index in [0.29, 0.717) is 5.56 Å². The number of sulfone groups is 1. The Morgan fingerprint density at radius 2 is 1.80 bits per heavy atom. The Morgan fingerprint density at radius 1 is 1.27 bits per heavy atom. The lowest BCUT2D eigenvalue weighted by atomic mass is 10.1. The predicted octanol–water partition coefficient (Wildman–Crippen LogP) is 1.62. The van der Waals surface area contributed by atoms with Crippen molar-refractivity contribution >= 4 is 15.5 Å². The third-order valence-corrected chi connectivity index (χ3v) is 3.41. The van der Waals surface area contributed by atoms with Gasteiger partial charge in [0.05, 0.1) is 9.82 Å². The first-order valence-electron chi connectivity index (χ1n) is 4.20. The molecule has 0 N–H and O–H groups in total. The maximum atomic E-state index is 11.3. The second kappa shape index (κ2) is 3.62. The Morgan fingerprint density at radius 3 is 2.20 bits per heavy atom. The minimum atomic E-state index is -3.41. The molecule has 0 amide bonds. The molecule has 82 valence electrons. The number of rotatable bonds is 2. The summed E-state index contributed by atoms with van der Waals surface area (Å²) >= 11 is 0. The summed E-state index contributed by atoms with van der Waals surface area (Å²) in [5, 5.41) is 10.7. The second-order valence-electron chi connectivity index (χ2n) is 3.38. The highest BCUT2D eigenvalue weighted by Crippen LogP contribution is 2.28. The third-order valence-electron chi connectivity index (χ3n) is 2.17. The van der Waals surface area contributed by atoms with E-state index in [-0.39, 0.29) is 16.1 Å². The van der Waals surface area contributed by atoms with E-state index in [9.17, 15) is 18.5 Å². The topological polar surface area (TPSA) is 77.3 Å². The molecule has 0 aliphatic rings. The van der Waals surface area contributed by atoms with E-state index in [4.69, 9.17) is 0 Å². The molecule has 5 nitrogen and oxygen atoms in total. The maximum Gasteiger partial charge on any atom is 0.276 e. The molecular weight excluding hydrogens is 218 g/mol. The largest absolute Gasteiger partial charge is 0.276 e. The fourth-order valence-electron chi connectivity index (χ4n) is 1.50. The Balaban J connectivity index is 3.64. The van der Waals surface area contributed by atoms with Crippen LogP contribution in [-0.4, -0.2) is 19.6 Å². The Bertz CT molecular complexity index is 519. The van der Waals surface area contributed by atoms with Crippen LogP contribution in [0.4, 0.5) is 5.69 Å². The summed E-state index contributed by atoms with van der Waals surface area (Å²) in [4.78, 5) is 10.2. The quantitative estimate of drug-likeness (QED) is 0.570. The monoisotopic (exact) mass is 229 g/mol. The van der Waals surface area contributed by atoms with Gasteiger partial charge in [0, 0.05) is 17.4 Å². The lowest BCUT2D eigenvalue weighted by Crippen LogP contribution is -2.04. The van der Waals surface area contributed by atoms with Gasteiger partial charge in [-0.25, -0.2) is 8.42 Å². The van der Waals surface area contributed by atoms with Crippen molar-refractivity contribution in [2.24, 2.45) is 0 Å². The smallest absolute Gasteiger partial charge is 0.258 e. The van der Waals surface area contributed by atoms with Gasteiger partial charge >= 0.3 is 0 Å². The lowest BCUT2D eigenvalue weighted by Gasteiger charge is -2.06. The van der Waals surface area contributed by atoms with Crippen LogP contribution in [0.2, 0.25) is 0 Å². The van der Waals surface area contributed by atoms with Crippen molar-refractivity contribution in [3.8, 4) is 0 Å². The van der Waals surface area contributed by atoms with Gasteiger partial charge in [0.2, 0.25) is 0 Å². The number of aryl methyl sites for hydroxylation is 1. The van der Waals surface area contributed by atoms with Crippen molar-refractivity contribution in [2.75, 3.05) is 6.26 Å². The van der Waals surface area contributed by atoms with E-state index in [0.717, 1.165) is 6.26 Å². The van der Waals surface area contributed by atoms with Gasteiger partial charge in [-0.05, 0) is 19.9 Å². The molecule has 0 bridgehead atoms. The second-order valence-corrected chi connectivity index (χ2v) is 5.37. The average molecular weight is 229 g/mol. The fraction of sp³-hybridized carbons (Fsp3) is 0.333. The summed E-state index contributed by atoms with van der Waals surface area (Å²) in [6, 6.07) is 2.84. The number of nitrogens with zero attached hydrogens (tertiary/aromatic N) is 1. The lowest BCUT2D eigenvalue weighted by molar-refractivity contribution is -0.386. The van der Waals surface area contributed by atoms with Gasteiger partial charge < -0.3 is 0 Å². The van der Waals surface area contributed by atoms with Crippen molar-refractivity contribution in [3.63, 3.8) is 0 Å². The molecule has 0 saturated heterocycles. The molecule has 1 aromatic carbocycles. The third kappa shape index (κ3) is 2.15. The van der Waals surface area contributed by atoms with Crippen LogP contribution in [0.1, 0.15) is 11.1 Å². The van der Waals surface area contributed by atoms with Crippen molar-refractivity contribution in [1.29, 1.82) is 0 Å². The normalized spacial score (nSPS) is 11.4. The van der Waals surface area contributed by atoms with Crippen molar-refractivity contribution in [3.05, 3.63) is 33.4 Å². The summed E-state index contributed by atoms with van der Waals surface area (Å²) in [6.45, 7) is 3.03. The first kappa shape index (κ1) is 11.6. The molecule has 0 saturated carbocycles. The molecule has 1 aromatic rings. The molecule has 0 aromatic heterocycles. The van der Waals surface area contributed by atoms with Gasteiger partial charge in [0.25, 0.3) is 5.69 Å². The number of hydrogen-bond donors (Lipinski definition) is 0. The zero-order valence-electron chi connectivity index (χ0n) is 8.64. The van der Waals surface area contributed by atoms with Crippen LogP contribution in [0.5, 0.6) is 0 Å². The number of benzene rings is 1. The van der Waals surface area contributed by atoms with Gasteiger partial charge in [-0.3, -0.25) is 10.1 Å². The Kier molecular flexibility index (Phi) is 2.81. The van der Waals surface area contributed by atoms with E-state index in [2.05, 4.69) is 0 Å². The highest BCUT2D eigenvalue weighted by atomic mass is 32.2. The van der Waals surface area contributed by atoms with Gasteiger partial charge in [0.15, 0.2) is 9.84 Å². The van der Waals surface area contributed by atoms with Gasteiger partial charge in [-0.15, -0.1) is 0 Å². The summed E-state index contributed by atoms with van der Waals surface area (Å²) < 4.78 is 22.6. The highest BCUT2D eigenvalue weighted by molar-refractivity contribution is 7.90. The molecule has 1 rings (SSSR count). The SMILES string of the molecule is Cc1ccc(S(C)(=O)=O)c(C)c1[N+](=O)[O-]. The van der Waals surface area contributed by atoms with Crippen LogP contribution in [0.3, 0.4) is 0 Å². The molecule has 0 aliphatic heterocycles. The van der Waals surface area contributed by atoms with E-state index in [1.54, 1.807) is 6.92 Å². The minimum Gasteiger partial charge on any atom is -0.258 e. The first-order chi connectivity index (χ1) is 6.75. The van der Waals surface area contributed by atoms with Crippen LogP contribution in [0.25, 0.3) is 0 Å². The van der Waals surface area contributed by atoms with E-state index < -0.39 is 14.8 Å². The number of nitro benzene ring substituents is 1. The van der Waals surface area contributed by atoms with E-state index in [1.165, 1.54) is 19.1 Å². The number of hydrogen-bond acceptors (Lipinski definition) is 4. The Hall–Kier alpha value is -1.43. The summed E-state index contributed by atoms with van der Waals surface area (Å²) in [6.07, 6.45) is 1.04. The highest BCUT2D eigenvalue weighted by Gasteiger charge is 2.21. The molecule has 0 heterocycles. The van der Waals surface area contributed by atoms with Gasteiger partial charge in [0.1, 0.15) is 0 Å². The molecule has 6 heteroatoms. The molecule has 0 unspecified atom stereocenters. The van der Waals surface area contributed by atoms with Crippen LogP contribution in [-0.2, 0) is 9.84 Å². The molecule has 0 atom stereocenters. The standard InChI is InChI=1S/C9H11NO4S/c1-6-4-5-8(15(3,13)14)7(2)9(6)10(11)12/h4-5H,1-3H3. The minimum absolute atomic E-state index is 0.0137. The van der Waals surface area contributed by atoms with Crippen LogP contribution in [0, 0.1) is 24.0 Å². The molecular formula is C9H11NO4S. The van der Waals surface area contributed by atoms with E-state index in [1.807, 2.05) is 0 Å². The molecule has 15 heavy (non-hydrogen) atoms. The van der Waals surface area contributed by atoms with Crippen molar-refractivity contribution in [1.82, 2.24) is 0 Å². The molecule has 0 radical (unpaired) electrons. The van der Waals surface area contributed by atoms with Crippen LogP contribution >= 0.6 is 0 Å². The predicted molar refractivity (Wildman–Crippen MR) is 55.7 cm³/mol. The summed E-state index contributed by atoms with van der Waals surface area (Å²) in [5.74, 6) is 0. The molecule has 0 aliphatic carbocycles. The van der Waals surface area contributed by atoms with Crippen molar-refractivity contribution in [2.45, 2.75) is 18.7 Å². The summed E-state index contributed by atoms with van der Waals surface area (Å²) in [5.41, 5.74) is 0.533. The molecule has 0 spiro atoms. The first-order valence-corrected chi connectivity index (χ1v) is 6.09. The van der Waals surface area contributed by atoms with Gasteiger partial charge in [-0.2, -0.15) is 0 Å².